The highest BCUT2D eigenvalue weighted by Gasteiger charge is 2.20. The minimum Gasteiger partial charge on any atom is -0.477 e. The van der Waals surface area contributed by atoms with Gasteiger partial charge in [-0.15, -0.1) is 0 Å². The summed E-state index contributed by atoms with van der Waals surface area (Å²) in [5, 5.41) is 5.26. The van der Waals surface area contributed by atoms with Crippen molar-refractivity contribution in [3.63, 3.8) is 0 Å². The van der Waals surface area contributed by atoms with Gasteiger partial charge in [0.2, 0.25) is 0 Å². The summed E-state index contributed by atoms with van der Waals surface area (Å²) in [6.45, 7) is 6.11. The lowest BCUT2D eigenvalue weighted by Crippen LogP contribution is -2.49. The van der Waals surface area contributed by atoms with Crippen molar-refractivity contribution in [1.29, 1.82) is 0 Å². The lowest BCUT2D eigenvalue weighted by Gasteiger charge is -2.20. The molecule has 2 N–H and O–H groups in total. The molecule has 1 aromatic carbocycles. The lowest BCUT2D eigenvalue weighted by molar-refractivity contribution is -0.154. The number of hydrogen-bond donors (Lipinski definition) is 2. The van der Waals surface area contributed by atoms with E-state index in [0.29, 0.717) is 5.02 Å². The minimum atomic E-state index is -1.00. The molecule has 0 unspecified atom stereocenters. The maximum absolute atomic E-state index is 11.8. The van der Waals surface area contributed by atoms with Gasteiger partial charge in [0.15, 0.2) is 12.7 Å². The summed E-state index contributed by atoms with van der Waals surface area (Å²) < 4.78 is 10.2. The minimum absolute atomic E-state index is 0.240. The van der Waals surface area contributed by atoms with Crippen LogP contribution in [0.4, 0.5) is 4.79 Å². The number of hydrogen-bond acceptors (Lipinski definition) is 5. The van der Waals surface area contributed by atoms with Gasteiger partial charge in [-0.25, -0.2) is 9.59 Å². The smallest absolute Gasteiger partial charge is 0.347 e. The van der Waals surface area contributed by atoms with Crippen molar-refractivity contribution in [3.05, 3.63) is 28.2 Å². The van der Waals surface area contributed by atoms with Crippen molar-refractivity contribution in [1.82, 2.24) is 10.6 Å². The average molecular weight is 391 g/mol. The van der Waals surface area contributed by atoms with Gasteiger partial charge in [-0.05, 0) is 45.9 Å². The molecule has 3 amide bonds. The quantitative estimate of drug-likeness (QED) is 0.753. The highest BCUT2D eigenvalue weighted by atomic mass is 35.5. The topological polar surface area (TPSA) is 93.7 Å². The first-order chi connectivity index (χ1) is 11.5. The van der Waals surface area contributed by atoms with Crippen molar-refractivity contribution < 1.29 is 23.9 Å². The van der Waals surface area contributed by atoms with Gasteiger partial charge in [-0.3, -0.25) is 10.1 Å². The number of benzene rings is 1. The van der Waals surface area contributed by atoms with Crippen LogP contribution in [0.5, 0.6) is 5.75 Å². The van der Waals surface area contributed by atoms with Crippen molar-refractivity contribution in [2.75, 3.05) is 6.61 Å². The van der Waals surface area contributed by atoms with Crippen LogP contribution in [0.2, 0.25) is 10.0 Å². The molecule has 25 heavy (non-hydrogen) atoms. The number of imide groups is 1. The Morgan fingerprint density at radius 2 is 1.84 bits per heavy atom. The summed E-state index contributed by atoms with van der Waals surface area (Å²) in [4.78, 5) is 35.0. The zero-order valence-corrected chi connectivity index (χ0v) is 15.8. The number of halogens is 2. The fourth-order valence-electron chi connectivity index (χ4n) is 1.60. The maximum atomic E-state index is 11.8. The second-order valence-electron chi connectivity index (χ2n) is 6.19. The zero-order chi connectivity index (χ0) is 19.2. The van der Waals surface area contributed by atoms with Gasteiger partial charge >= 0.3 is 12.0 Å². The molecule has 7 nitrogen and oxygen atoms in total. The second kappa shape index (κ2) is 8.92. The number of carbonyl (C=O) groups excluding carboxylic acids is 3. The molecule has 0 spiro atoms. The van der Waals surface area contributed by atoms with Crippen molar-refractivity contribution in [3.8, 4) is 5.75 Å². The first-order valence-corrected chi connectivity index (χ1v) is 8.14. The van der Waals surface area contributed by atoms with Crippen LogP contribution in [0.1, 0.15) is 27.7 Å². The van der Waals surface area contributed by atoms with E-state index in [-0.39, 0.29) is 10.8 Å². The Labute approximate surface area is 155 Å². The SMILES string of the molecule is C[C@@H](Oc1ccc(Cl)cc1Cl)C(=O)OCC(=O)NC(=O)NC(C)(C)C. The van der Waals surface area contributed by atoms with Gasteiger partial charge in [0.1, 0.15) is 5.75 Å². The fourth-order valence-corrected chi connectivity index (χ4v) is 2.05. The summed E-state index contributed by atoms with van der Waals surface area (Å²) in [6.07, 6.45) is -1.00. The normalized spacial score (nSPS) is 12.1. The molecule has 1 aromatic rings. The number of rotatable bonds is 5. The number of ether oxygens (including phenoxy) is 2. The van der Waals surface area contributed by atoms with Gasteiger partial charge in [0, 0.05) is 10.6 Å². The summed E-state index contributed by atoms with van der Waals surface area (Å²) in [6, 6.07) is 3.86. The average Bonchev–Trinajstić information content (AvgIpc) is 2.45. The molecule has 138 valence electrons. The molecule has 0 bridgehead atoms. The van der Waals surface area contributed by atoms with Crippen LogP contribution in [0.25, 0.3) is 0 Å². The van der Waals surface area contributed by atoms with E-state index >= 15 is 0 Å². The third-order valence-corrected chi connectivity index (χ3v) is 3.15. The summed E-state index contributed by atoms with van der Waals surface area (Å²) >= 11 is 11.7. The summed E-state index contributed by atoms with van der Waals surface area (Å²) in [5.74, 6) is -1.28. The van der Waals surface area contributed by atoms with E-state index in [0.717, 1.165) is 0 Å². The molecule has 0 aromatic heterocycles. The van der Waals surface area contributed by atoms with E-state index in [1.54, 1.807) is 26.8 Å². The standard InChI is InChI=1S/C16H20Cl2N2O5/c1-9(25-12-6-5-10(17)7-11(12)18)14(22)24-8-13(21)19-15(23)20-16(2,3)4/h5-7,9H,8H2,1-4H3,(H2,19,20,21,23)/t9-/m1/s1. The van der Waals surface area contributed by atoms with Crippen LogP contribution < -0.4 is 15.4 Å². The van der Waals surface area contributed by atoms with Crippen molar-refractivity contribution in [2.45, 2.75) is 39.3 Å². The Morgan fingerprint density at radius 3 is 2.40 bits per heavy atom. The monoisotopic (exact) mass is 390 g/mol. The van der Waals surface area contributed by atoms with Crippen molar-refractivity contribution >= 4 is 41.1 Å². The predicted octanol–water partition coefficient (Wildman–Crippen LogP) is 2.93. The van der Waals surface area contributed by atoms with E-state index in [1.165, 1.54) is 19.1 Å². The summed E-state index contributed by atoms with van der Waals surface area (Å²) in [7, 11) is 0. The molecule has 1 rings (SSSR count). The zero-order valence-electron chi connectivity index (χ0n) is 14.3. The molecule has 1 atom stereocenters. The van der Waals surface area contributed by atoms with Crippen LogP contribution in [-0.2, 0) is 14.3 Å². The largest absolute Gasteiger partial charge is 0.477 e. The first-order valence-electron chi connectivity index (χ1n) is 7.38. The van der Waals surface area contributed by atoms with Gasteiger partial charge < -0.3 is 14.8 Å². The lowest BCUT2D eigenvalue weighted by atomic mass is 10.1. The predicted molar refractivity (Wildman–Crippen MR) is 93.9 cm³/mol. The molecule has 0 fully saturated rings. The Bertz CT molecular complexity index is 658. The first kappa shape index (κ1) is 21.1. The van der Waals surface area contributed by atoms with Gasteiger partial charge in [0.25, 0.3) is 5.91 Å². The molecule has 0 saturated heterocycles. The number of esters is 1. The Morgan fingerprint density at radius 1 is 1.20 bits per heavy atom. The fraction of sp³-hybridized carbons (Fsp3) is 0.438. The van der Waals surface area contributed by atoms with E-state index in [1.807, 2.05) is 0 Å². The Hall–Kier alpha value is -1.99. The van der Waals surface area contributed by atoms with Gasteiger partial charge in [-0.1, -0.05) is 23.2 Å². The molecule has 0 heterocycles. The number of amides is 3. The number of carbonyl (C=O) groups is 3. The van der Waals surface area contributed by atoms with E-state index in [2.05, 4.69) is 10.6 Å². The number of urea groups is 1. The molecule has 9 heteroatoms. The van der Waals surface area contributed by atoms with Gasteiger partial charge in [-0.2, -0.15) is 0 Å². The Balaban J connectivity index is 2.45. The molecule has 0 radical (unpaired) electrons. The van der Waals surface area contributed by atoms with Crippen molar-refractivity contribution in [2.24, 2.45) is 0 Å². The molecular weight excluding hydrogens is 371 g/mol. The highest BCUT2D eigenvalue weighted by Crippen LogP contribution is 2.28. The van der Waals surface area contributed by atoms with E-state index < -0.39 is 36.2 Å². The number of nitrogens with one attached hydrogen (secondary N) is 2. The molecule has 0 aliphatic heterocycles. The van der Waals surface area contributed by atoms with E-state index in [9.17, 15) is 14.4 Å². The highest BCUT2D eigenvalue weighted by molar-refractivity contribution is 6.35. The van der Waals surface area contributed by atoms with Crippen LogP contribution in [-0.4, -0.2) is 36.2 Å². The summed E-state index contributed by atoms with van der Waals surface area (Å²) in [5.41, 5.74) is -0.499. The molecule has 0 aliphatic rings. The van der Waals surface area contributed by atoms with Crippen LogP contribution in [0, 0.1) is 0 Å². The second-order valence-corrected chi connectivity index (χ2v) is 7.04. The molecule has 0 saturated carbocycles. The van der Waals surface area contributed by atoms with Crippen LogP contribution in [0.3, 0.4) is 0 Å². The van der Waals surface area contributed by atoms with Crippen LogP contribution >= 0.6 is 23.2 Å². The third kappa shape index (κ3) is 8.09. The third-order valence-electron chi connectivity index (χ3n) is 2.62. The maximum Gasteiger partial charge on any atom is 0.347 e. The van der Waals surface area contributed by atoms with E-state index in [4.69, 9.17) is 32.7 Å². The molecular formula is C16H20Cl2N2O5. The van der Waals surface area contributed by atoms with Crippen LogP contribution in [0.15, 0.2) is 18.2 Å². The van der Waals surface area contributed by atoms with Gasteiger partial charge in [0.05, 0.1) is 5.02 Å². The Kier molecular flexibility index (Phi) is 7.51. The molecule has 0 aliphatic carbocycles.